The van der Waals surface area contributed by atoms with Crippen molar-refractivity contribution in [3.05, 3.63) is 59.7 Å². The number of anilines is 1. The van der Waals surface area contributed by atoms with Crippen LogP contribution in [-0.4, -0.2) is 25.0 Å². The second-order valence-corrected chi connectivity index (χ2v) is 5.14. The lowest BCUT2D eigenvalue weighted by Crippen LogP contribution is -2.16. The molecule has 1 heterocycles. The zero-order valence-corrected chi connectivity index (χ0v) is 12.8. The molecular formula is C18H16N2O4. The van der Waals surface area contributed by atoms with Gasteiger partial charge in [-0.2, -0.15) is 0 Å². The van der Waals surface area contributed by atoms with Gasteiger partial charge in [0.05, 0.1) is 11.3 Å². The van der Waals surface area contributed by atoms with E-state index in [1.54, 1.807) is 42.5 Å². The Labute approximate surface area is 138 Å². The van der Waals surface area contributed by atoms with Gasteiger partial charge in [-0.05, 0) is 35.9 Å². The van der Waals surface area contributed by atoms with Crippen LogP contribution >= 0.6 is 0 Å². The van der Waals surface area contributed by atoms with E-state index in [0.717, 1.165) is 5.56 Å². The Morgan fingerprint density at radius 3 is 2.58 bits per heavy atom. The lowest BCUT2D eigenvalue weighted by Gasteiger charge is -2.18. The van der Waals surface area contributed by atoms with E-state index in [-0.39, 0.29) is 11.5 Å². The number of benzene rings is 2. The number of carbonyl (C=O) groups is 2. The number of nitrogens with two attached hydrogens (primary N) is 1. The predicted octanol–water partition coefficient (Wildman–Crippen LogP) is 2.21. The van der Waals surface area contributed by atoms with Crippen molar-refractivity contribution in [2.75, 3.05) is 18.5 Å². The first kappa shape index (κ1) is 15.6. The van der Waals surface area contributed by atoms with Gasteiger partial charge in [0.15, 0.2) is 11.5 Å². The van der Waals surface area contributed by atoms with Gasteiger partial charge in [0.2, 0.25) is 5.91 Å². The van der Waals surface area contributed by atoms with Crippen LogP contribution in [0.5, 0.6) is 11.5 Å². The smallest absolute Gasteiger partial charge is 0.250 e. The summed E-state index contributed by atoms with van der Waals surface area (Å²) in [6, 6.07) is 12.0. The van der Waals surface area contributed by atoms with Gasteiger partial charge in [-0.15, -0.1) is 0 Å². The number of ether oxygens (including phenoxy) is 2. The minimum atomic E-state index is -0.596. The molecule has 2 aromatic rings. The van der Waals surface area contributed by atoms with E-state index >= 15 is 0 Å². The summed E-state index contributed by atoms with van der Waals surface area (Å²) >= 11 is 0. The van der Waals surface area contributed by atoms with Gasteiger partial charge in [0, 0.05) is 6.08 Å². The number of hydrogen-bond acceptors (Lipinski definition) is 4. The van der Waals surface area contributed by atoms with Crippen molar-refractivity contribution < 1.29 is 19.1 Å². The van der Waals surface area contributed by atoms with E-state index < -0.39 is 5.91 Å². The molecule has 0 aromatic heterocycles. The third-order valence-corrected chi connectivity index (χ3v) is 3.44. The molecule has 1 aliphatic rings. The van der Waals surface area contributed by atoms with E-state index in [0.29, 0.717) is 30.4 Å². The molecule has 0 saturated heterocycles. The minimum absolute atomic E-state index is 0.263. The molecule has 3 N–H and O–H groups in total. The fourth-order valence-electron chi connectivity index (χ4n) is 2.32. The molecule has 1 aliphatic heterocycles. The first-order valence-corrected chi connectivity index (χ1v) is 7.41. The summed E-state index contributed by atoms with van der Waals surface area (Å²) < 4.78 is 10.9. The summed E-state index contributed by atoms with van der Waals surface area (Å²) in [7, 11) is 0. The predicted molar refractivity (Wildman–Crippen MR) is 90.1 cm³/mol. The Morgan fingerprint density at radius 2 is 1.79 bits per heavy atom. The van der Waals surface area contributed by atoms with Gasteiger partial charge in [0.1, 0.15) is 13.2 Å². The van der Waals surface area contributed by atoms with Crippen LogP contribution in [-0.2, 0) is 4.79 Å². The number of rotatable bonds is 4. The molecule has 24 heavy (non-hydrogen) atoms. The molecule has 122 valence electrons. The number of carbonyl (C=O) groups excluding carboxylic acids is 2. The van der Waals surface area contributed by atoms with E-state index in [1.807, 2.05) is 6.07 Å². The van der Waals surface area contributed by atoms with Gasteiger partial charge in [-0.3, -0.25) is 9.59 Å². The average Bonchev–Trinajstić information content (AvgIpc) is 2.60. The summed E-state index contributed by atoms with van der Waals surface area (Å²) in [6.07, 6.45) is 3.03. The Bertz CT molecular complexity index is 814. The van der Waals surface area contributed by atoms with Crippen LogP contribution in [0.25, 0.3) is 6.08 Å². The second-order valence-electron chi connectivity index (χ2n) is 5.14. The summed E-state index contributed by atoms with van der Waals surface area (Å²) in [5.41, 5.74) is 6.73. The molecule has 0 radical (unpaired) electrons. The molecule has 2 aromatic carbocycles. The molecule has 0 spiro atoms. The molecule has 6 heteroatoms. The van der Waals surface area contributed by atoms with Crippen molar-refractivity contribution in [3.8, 4) is 11.5 Å². The van der Waals surface area contributed by atoms with Crippen LogP contribution in [0.15, 0.2) is 48.5 Å². The lowest BCUT2D eigenvalue weighted by molar-refractivity contribution is -0.111. The maximum atomic E-state index is 12.0. The zero-order valence-electron chi connectivity index (χ0n) is 12.8. The van der Waals surface area contributed by atoms with E-state index in [2.05, 4.69) is 5.32 Å². The highest BCUT2D eigenvalue weighted by molar-refractivity contribution is 6.07. The van der Waals surface area contributed by atoms with Crippen molar-refractivity contribution in [2.24, 2.45) is 5.73 Å². The summed E-state index contributed by atoms with van der Waals surface area (Å²) in [5.74, 6) is 0.390. The van der Waals surface area contributed by atoms with Crippen LogP contribution < -0.4 is 20.5 Å². The highest BCUT2D eigenvalue weighted by Gasteiger charge is 2.11. The van der Waals surface area contributed by atoms with Crippen molar-refractivity contribution >= 4 is 23.6 Å². The fraction of sp³-hybridized carbons (Fsp3) is 0.111. The topological polar surface area (TPSA) is 90.7 Å². The Balaban J connectivity index is 1.71. The van der Waals surface area contributed by atoms with E-state index in [4.69, 9.17) is 15.2 Å². The molecule has 0 unspecified atom stereocenters. The SMILES string of the molecule is NC(=O)c1ccccc1NC(=O)/C=C/c1ccc2c(c1)OCCO2. The molecule has 0 atom stereocenters. The molecule has 0 saturated carbocycles. The van der Waals surface area contributed by atoms with Gasteiger partial charge in [-0.25, -0.2) is 0 Å². The number of amides is 2. The van der Waals surface area contributed by atoms with Crippen LogP contribution in [0, 0.1) is 0 Å². The van der Waals surface area contributed by atoms with Gasteiger partial charge in [-0.1, -0.05) is 18.2 Å². The molecule has 6 nitrogen and oxygen atoms in total. The third kappa shape index (κ3) is 3.55. The van der Waals surface area contributed by atoms with Crippen molar-refractivity contribution in [3.63, 3.8) is 0 Å². The standard InChI is InChI=1S/C18H16N2O4/c19-18(22)13-3-1-2-4-14(13)20-17(21)8-6-12-5-7-15-16(11-12)24-10-9-23-15/h1-8,11H,9-10H2,(H2,19,22)(H,20,21)/b8-6+. The maximum Gasteiger partial charge on any atom is 0.250 e. The average molecular weight is 324 g/mol. The Hall–Kier alpha value is -3.28. The van der Waals surface area contributed by atoms with E-state index in [1.165, 1.54) is 6.08 Å². The molecule has 0 aliphatic carbocycles. The molecule has 3 rings (SSSR count). The van der Waals surface area contributed by atoms with Crippen LogP contribution in [0.2, 0.25) is 0 Å². The molecule has 0 fully saturated rings. The lowest BCUT2D eigenvalue weighted by atomic mass is 10.1. The van der Waals surface area contributed by atoms with Crippen molar-refractivity contribution in [2.45, 2.75) is 0 Å². The number of hydrogen-bond donors (Lipinski definition) is 2. The quantitative estimate of drug-likeness (QED) is 0.844. The maximum absolute atomic E-state index is 12.0. The summed E-state index contributed by atoms with van der Waals surface area (Å²) in [6.45, 7) is 1.04. The minimum Gasteiger partial charge on any atom is -0.486 e. The highest BCUT2D eigenvalue weighted by atomic mass is 16.6. The first-order chi connectivity index (χ1) is 11.6. The monoisotopic (exact) mass is 324 g/mol. The normalized spacial score (nSPS) is 12.8. The molecular weight excluding hydrogens is 308 g/mol. The number of para-hydroxylation sites is 1. The zero-order chi connectivity index (χ0) is 16.9. The largest absolute Gasteiger partial charge is 0.486 e. The van der Waals surface area contributed by atoms with Crippen LogP contribution in [0.4, 0.5) is 5.69 Å². The molecule has 0 bridgehead atoms. The number of fused-ring (bicyclic) bond motifs is 1. The molecule has 2 amide bonds. The summed E-state index contributed by atoms with van der Waals surface area (Å²) in [4.78, 5) is 23.4. The van der Waals surface area contributed by atoms with Gasteiger partial charge in [0.25, 0.3) is 5.91 Å². The highest BCUT2D eigenvalue weighted by Crippen LogP contribution is 2.31. The van der Waals surface area contributed by atoms with Gasteiger partial charge >= 0.3 is 0 Å². The number of nitrogens with one attached hydrogen (secondary N) is 1. The van der Waals surface area contributed by atoms with Crippen molar-refractivity contribution in [1.29, 1.82) is 0 Å². The first-order valence-electron chi connectivity index (χ1n) is 7.41. The van der Waals surface area contributed by atoms with Gasteiger partial charge < -0.3 is 20.5 Å². The van der Waals surface area contributed by atoms with Crippen LogP contribution in [0.1, 0.15) is 15.9 Å². The van der Waals surface area contributed by atoms with E-state index in [9.17, 15) is 9.59 Å². The fourth-order valence-corrected chi connectivity index (χ4v) is 2.32. The number of primary amides is 1. The van der Waals surface area contributed by atoms with Crippen molar-refractivity contribution in [1.82, 2.24) is 0 Å². The Morgan fingerprint density at radius 1 is 1.04 bits per heavy atom. The van der Waals surface area contributed by atoms with Crippen LogP contribution in [0.3, 0.4) is 0 Å². The summed E-state index contributed by atoms with van der Waals surface area (Å²) in [5, 5.41) is 2.64. The third-order valence-electron chi connectivity index (χ3n) is 3.44. The second kappa shape index (κ2) is 6.87. The Kier molecular flexibility index (Phi) is 4.47.